The largest absolute Gasteiger partial charge is 0.344 e. The predicted molar refractivity (Wildman–Crippen MR) is 63.9 cm³/mol. The van der Waals surface area contributed by atoms with Gasteiger partial charge in [-0.1, -0.05) is 18.2 Å². The van der Waals surface area contributed by atoms with Gasteiger partial charge in [0.05, 0.1) is 5.54 Å². The fourth-order valence-electron chi connectivity index (χ4n) is 1.82. The summed E-state index contributed by atoms with van der Waals surface area (Å²) < 4.78 is 13.4. The van der Waals surface area contributed by atoms with E-state index in [-0.39, 0.29) is 11.7 Å². The number of benzene rings is 1. The third-order valence-corrected chi connectivity index (χ3v) is 3.24. The van der Waals surface area contributed by atoms with Crippen molar-refractivity contribution in [3.63, 3.8) is 0 Å². The Morgan fingerprint density at radius 1 is 1.47 bits per heavy atom. The molecule has 1 fully saturated rings. The van der Waals surface area contributed by atoms with E-state index in [1.807, 2.05) is 0 Å². The molecule has 3 nitrogen and oxygen atoms in total. The van der Waals surface area contributed by atoms with Gasteiger partial charge in [-0.2, -0.15) is 0 Å². The van der Waals surface area contributed by atoms with Crippen LogP contribution in [0, 0.1) is 5.82 Å². The molecule has 1 aromatic rings. The zero-order valence-corrected chi connectivity index (χ0v) is 9.95. The third kappa shape index (κ3) is 2.64. The van der Waals surface area contributed by atoms with E-state index in [0.717, 1.165) is 12.8 Å². The average Bonchev–Trinajstić information content (AvgIpc) is 3.06. The van der Waals surface area contributed by atoms with E-state index in [2.05, 4.69) is 0 Å². The molecule has 0 unspecified atom stereocenters. The van der Waals surface area contributed by atoms with Crippen molar-refractivity contribution >= 4 is 5.91 Å². The Kier molecular flexibility index (Phi) is 3.15. The molecule has 1 aliphatic carbocycles. The van der Waals surface area contributed by atoms with Gasteiger partial charge in [0.15, 0.2) is 0 Å². The molecule has 1 saturated carbocycles. The Morgan fingerprint density at radius 3 is 2.71 bits per heavy atom. The van der Waals surface area contributed by atoms with Gasteiger partial charge in [0, 0.05) is 13.6 Å². The first-order valence-electron chi connectivity index (χ1n) is 5.81. The van der Waals surface area contributed by atoms with Gasteiger partial charge >= 0.3 is 0 Å². The van der Waals surface area contributed by atoms with Crippen molar-refractivity contribution in [1.29, 1.82) is 0 Å². The minimum Gasteiger partial charge on any atom is -0.344 e. The van der Waals surface area contributed by atoms with Gasteiger partial charge in [0.2, 0.25) is 5.91 Å². The summed E-state index contributed by atoms with van der Waals surface area (Å²) in [6.07, 6.45) is 2.04. The molecule has 0 bridgehead atoms. The van der Waals surface area contributed by atoms with Crippen molar-refractivity contribution in [2.45, 2.75) is 24.8 Å². The number of likely N-dealkylation sites (N-methyl/N-ethyl adjacent to an activating group) is 1. The van der Waals surface area contributed by atoms with Crippen LogP contribution < -0.4 is 5.73 Å². The van der Waals surface area contributed by atoms with E-state index in [1.54, 1.807) is 30.1 Å². The second-order valence-electron chi connectivity index (χ2n) is 4.72. The van der Waals surface area contributed by atoms with Crippen molar-refractivity contribution in [3.05, 3.63) is 35.6 Å². The fourth-order valence-corrected chi connectivity index (χ4v) is 1.82. The summed E-state index contributed by atoms with van der Waals surface area (Å²) in [6, 6.07) is 6.63. The first kappa shape index (κ1) is 12.0. The third-order valence-electron chi connectivity index (χ3n) is 3.24. The molecule has 0 saturated heterocycles. The minimum absolute atomic E-state index is 0.0335. The lowest BCUT2D eigenvalue weighted by atomic mass is 10.1. The maximum Gasteiger partial charge on any atom is 0.242 e. The first-order chi connectivity index (χ1) is 8.03. The molecule has 0 heterocycles. The quantitative estimate of drug-likeness (QED) is 0.857. The van der Waals surface area contributed by atoms with E-state index >= 15 is 0 Å². The Labute approximate surface area is 100 Å². The maximum atomic E-state index is 13.4. The lowest BCUT2D eigenvalue weighted by Gasteiger charge is -2.20. The molecule has 0 aliphatic heterocycles. The van der Waals surface area contributed by atoms with Gasteiger partial charge in [-0.3, -0.25) is 4.79 Å². The molecule has 0 aromatic heterocycles. The normalized spacial score (nSPS) is 16.6. The molecular weight excluding hydrogens is 219 g/mol. The predicted octanol–water partition coefficient (Wildman–Crippen LogP) is 1.32. The summed E-state index contributed by atoms with van der Waals surface area (Å²) in [5.41, 5.74) is 5.82. The zero-order chi connectivity index (χ0) is 12.5. The molecule has 1 aliphatic rings. The van der Waals surface area contributed by atoms with Crippen LogP contribution in [-0.2, 0) is 11.2 Å². The molecule has 0 spiro atoms. The van der Waals surface area contributed by atoms with Crippen LogP contribution in [0.3, 0.4) is 0 Å². The molecule has 92 valence electrons. The number of amides is 1. The highest BCUT2D eigenvalue weighted by Crippen LogP contribution is 2.33. The zero-order valence-electron chi connectivity index (χ0n) is 9.95. The van der Waals surface area contributed by atoms with E-state index in [4.69, 9.17) is 5.73 Å². The summed E-state index contributed by atoms with van der Waals surface area (Å²) >= 11 is 0. The van der Waals surface area contributed by atoms with Crippen molar-refractivity contribution in [2.24, 2.45) is 5.73 Å². The molecule has 4 heteroatoms. The Bertz CT molecular complexity index is 429. The second kappa shape index (κ2) is 4.45. The van der Waals surface area contributed by atoms with Crippen LogP contribution >= 0.6 is 0 Å². The summed E-state index contributed by atoms with van der Waals surface area (Å²) in [7, 11) is 1.72. The molecule has 1 aromatic carbocycles. The number of hydrogen-bond donors (Lipinski definition) is 1. The topological polar surface area (TPSA) is 46.3 Å². The highest BCUT2D eigenvalue weighted by molar-refractivity contribution is 5.88. The van der Waals surface area contributed by atoms with Gasteiger partial charge in [-0.25, -0.2) is 4.39 Å². The molecule has 2 rings (SSSR count). The average molecular weight is 236 g/mol. The van der Waals surface area contributed by atoms with Crippen LogP contribution in [0.25, 0.3) is 0 Å². The van der Waals surface area contributed by atoms with E-state index in [0.29, 0.717) is 18.5 Å². The number of nitrogens with zero attached hydrogens (tertiary/aromatic N) is 1. The van der Waals surface area contributed by atoms with Crippen molar-refractivity contribution in [3.8, 4) is 0 Å². The van der Waals surface area contributed by atoms with Gasteiger partial charge < -0.3 is 10.6 Å². The summed E-state index contributed by atoms with van der Waals surface area (Å²) in [5, 5.41) is 0. The van der Waals surface area contributed by atoms with Gasteiger partial charge in [-0.15, -0.1) is 0 Å². The first-order valence-corrected chi connectivity index (χ1v) is 5.81. The Hall–Kier alpha value is -1.42. The lowest BCUT2D eigenvalue weighted by Crippen LogP contribution is -2.44. The molecule has 1 amide bonds. The number of hydrogen-bond acceptors (Lipinski definition) is 2. The summed E-state index contributed by atoms with van der Waals surface area (Å²) in [5.74, 6) is -0.254. The molecule has 0 atom stereocenters. The maximum absolute atomic E-state index is 13.4. The Morgan fingerprint density at radius 2 is 2.12 bits per heavy atom. The minimum atomic E-state index is -0.635. The Balaban J connectivity index is 1.90. The number of rotatable bonds is 4. The van der Waals surface area contributed by atoms with Crippen LogP contribution in [0.5, 0.6) is 0 Å². The molecule has 0 radical (unpaired) electrons. The number of halogens is 1. The van der Waals surface area contributed by atoms with Gasteiger partial charge in [0.1, 0.15) is 5.82 Å². The van der Waals surface area contributed by atoms with Crippen molar-refractivity contribution < 1.29 is 9.18 Å². The molecule has 17 heavy (non-hydrogen) atoms. The van der Waals surface area contributed by atoms with Crippen LogP contribution in [0.1, 0.15) is 18.4 Å². The molecule has 2 N–H and O–H groups in total. The molecular formula is C13H17FN2O. The van der Waals surface area contributed by atoms with E-state index in [9.17, 15) is 9.18 Å². The second-order valence-corrected chi connectivity index (χ2v) is 4.72. The highest BCUT2D eigenvalue weighted by Gasteiger charge is 2.47. The van der Waals surface area contributed by atoms with Crippen LogP contribution in [0.2, 0.25) is 0 Å². The fraction of sp³-hybridized carbons (Fsp3) is 0.462. The van der Waals surface area contributed by atoms with Crippen LogP contribution in [-0.4, -0.2) is 29.9 Å². The standard InChI is InChI=1S/C13H17FN2O/c1-16(12(17)13(15)7-8-13)9-6-10-4-2-3-5-11(10)14/h2-5H,6-9,15H2,1H3. The van der Waals surface area contributed by atoms with Crippen molar-refractivity contribution in [2.75, 3.05) is 13.6 Å². The summed E-state index contributed by atoms with van der Waals surface area (Å²) in [4.78, 5) is 13.4. The van der Waals surface area contributed by atoms with Gasteiger partial charge in [-0.05, 0) is 30.9 Å². The number of carbonyl (C=O) groups is 1. The van der Waals surface area contributed by atoms with E-state index < -0.39 is 5.54 Å². The SMILES string of the molecule is CN(CCc1ccccc1F)C(=O)C1(N)CC1. The van der Waals surface area contributed by atoms with Gasteiger partial charge in [0.25, 0.3) is 0 Å². The van der Waals surface area contributed by atoms with Crippen LogP contribution in [0.4, 0.5) is 4.39 Å². The number of nitrogens with two attached hydrogens (primary N) is 1. The van der Waals surface area contributed by atoms with E-state index in [1.165, 1.54) is 6.07 Å². The number of carbonyl (C=O) groups excluding carboxylic acids is 1. The lowest BCUT2D eigenvalue weighted by molar-refractivity contribution is -0.132. The summed E-state index contributed by atoms with van der Waals surface area (Å²) in [6.45, 7) is 0.499. The van der Waals surface area contributed by atoms with Crippen molar-refractivity contribution in [1.82, 2.24) is 4.90 Å². The monoisotopic (exact) mass is 236 g/mol. The smallest absolute Gasteiger partial charge is 0.242 e. The highest BCUT2D eigenvalue weighted by atomic mass is 19.1. The van der Waals surface area contributed by atoms with Crippen LogP contribution in [0.15, 0.2) is 24.3 Å².